The summed E-state index contributed by atoms with van der Waals surface area (Å²) in [4.78, 5) is 7.13. The highest BCUT2D eigenvalue weighted by molar-refractivity contribution is 7.09. The SMILES string of the molecule is CC(C)c1csc(CN2CCNCC2)n1. The molecule has 4 heteroatoms. The molecule has 1 fully saturated rings. The minimum atomic E-state index is 0.554. The van der Waals surface area contributed by atoms with Crippen LogP contribution in [0.15, 0.2) is 5.38 Å². The molecule has 0 unspecified atom stereocenters. The van der Waals surface area contributed by atoms with Crippen molar-refractivity contribution in [3.05, 3.63) is 16.1 Å². The maximum Gasteiger partial charge on any atom is 0.107 e. The minimum absolute atomic E-state index is 0.554. The third kappa shape index (κ3) is 3.00. The third-order valence-corrected chi connectivity index (χ3v) is 3.58. The van der Waals surface area contributed by atoms with Crippen molar-refractivity contribution in [1.29, 1.82) is 0 Å². The summed E-state index contributed by atoms with van der Waals surface area (Å²) in [7, 11) is 0. The van der Waals surface area contributed by atoms with E-state index in [-0.39, 0.29) is 0 Å². The van der Waals surface area contributed by atoms with E-state index in [4.69, 9.17) is 0 Å². The van der Waals surface area contributed by atoms with Gasteiger partial charge in [0.25, 0.3) is 0 Å². The Labute approximate surface area is 95.5 Å². The maximum atomic E-state index is 4.66. The summed E-state index contributed by atoms with van der Waals surface area (Å²) < 4.78 is 0. The van der Waals surface area contributed by atoms with Crippen LogP contribution in [0.2, 0.25) is 0 Å². The van der Waals surface area contributed by atoms with Crippen LogP contribution in [0.3, 0.4) is 0 Å². The van der Waals surface area contributed by atoms with Gasteiger partial charge in [-0.3, -0.25) is 4.90 Å². The summed E-state index contributed by atoms with van der Waals surface area (Å²) in [6, 6.07) is 0. The highest BCUT2D eigenvalue weighted by atomic mass is 32.1. The Bertz CT molecular complexity index is 303. The number of nitrogens with zero attached hydrogens (tertiary/aromatic N) is 2. The molecule has 1 aliphatic rings. The number of aromatic nitrogens is 1. The lowest BCUT2D eigenvalue weighted by molar-refractivity contribution is 0.233. The minimum Gasteiger partial charge on any atom is -0.314 e. The van der Waals surface area contributed by atoms with Gasteiger partial charge in [0.15, 0.2) is 0 Å². The van der Waals surface area contributed by atoms with Crippen LogP contribution in [0.25, 0.3) is 0 Å². The molecule has 0 saturated carbocycles. The molecule has 0 atom stereocenters. The van der Waals surface area contributed by atoms with Crippen LogP contribution in [-0.2, 0) is 6.54 Å². The third-order valence-electron chi connectivity index (χ3n) is 2.73. The molecule has 0 amide bonds. The van der Waals surface area contributed by atoms with E-state index < -0.39 is 0 Å². The number of hydrogen-bond acceptors (Lipinski definition) is 4. The van der Waals surface area contributed by atoms with E-state index in [9.17, 15) is 0 Å². The van der Waals surface area contributed by atoms with Crippen molar-refractivity contribution in [2.45, 2.75) is 26.3 Å². The Morgan fingerprint density at radius 3 is 2.80 bits per heavy atom. The first-order chi connectivity index (χ1) is 7.25. The van der Waals surface area contributed by atoms with Crippen molar-refractivity contribution in [3.8, 4) is 0 Å². The van der Waals surface area contributed by atoms with Gasteiger partial charge in [-0.05, 0) is 5.92 Å². The Morgan fingerprint density at radius 2 is 2.20 bits per heavy atom. The molecule has 3 nitrogen and oxygen atoms in total. The molecule has 1 aromatic heterocycles. The van der Waals surface area contributed by atoms with Crippen molar-refractivity contribution < 1.29 is 0 Å². The molecule has 0 spiro atoms. The fraction of sp³-hybridized carbons (Fsp3) is 0.727. The molecule has 1 aromatic rings. The zero-order valence-electron chi connectivity index (χ0n) is 9.49. The van der Waals surface area contributed by atoms with Crippen LogP contribution in [0, 0.1) is 0 Å². The average Bonchev–Trinajstić information content (AvgIpc) is 2.68. The molecule has 1 N–H and O–H groups in total. The first kappa shape index (κ1) is 11.0. The Kier molecular flexibility index (Phi) is 3.72. The van der Waals surface area contributed by atoms with Crippen molar-refractivity contribution in [2.24, 2.45) is 0 Å². The van der Waals surface area contributed by atoms with Gasteiger partial charge < -0.3 is 5.32 Å². The van der Waals surface area contributed by atoms with Crippen molar-refractivity contribution >= 4 is 11.3 Å². The molecule has 1 saturated heterocycles. The predicted molar refractivity (Wildman–Crippen MR) is 64.3 cm³/mol. The molecule has 0 aromatic carbocycles. The van der Waals surface area contributed by atoms with Crippen LogP contribution in [0.1, 0.15) is 30.5 Å². The Morgan fingerprint density at radius 1 is 1.47 bits per heavy atom. The molecule has 2 heterocycles. The van der Waals surface area contributed by atoms with Crippen molar-refractivity contribution in [1.82, 2.24) is 15.2 Å². The van der Waals surface area contributed by atoms with Gasteiger partial charge >= 0.3 is 0 Å². The van der Waals surface area contributed by atoms with Gasteiger partial charge in [-0.15, -0.1) is 11.3 Å². The number of rotatable bonds is 3. The Balaban J connectivity index is 1.91. The monoisotopic (exact) mass is 225 g/mol. The van der Waals surface area contributed by atoms with Gasteiger partial charge in [-0.25, -0.2) is 4.98 Å². The van der Waals surface area contributed by atoms with E-state index in [0.29, 0.717) is 5.92 Å². The molecule has 0 bridgehead atoms. The highest BCUT2D eigenvalue weighted by Crippen LogP contribution is 2.18. The van der Waals surface area contributed by atoms with E-state index >= 15 is 0 Å². The number of thiazole rings is 1. The first-order valence-corrected chi connectivity index (χ1v) is 6.51. The highest BCUT2D eigenvalue weighted by Gasteiger charge is 2.12. The van der Waals surface area contributed by atoms with E-state index in [2.05, 4.69) is 34.4 Å². The van der Waals surface area contributed by atoms with E-state index in [1.807, 2.05) is 0 Å². The Hall–Kier alpha value is -0.450. The van der Waals surface area contributed by atoms with E-state index in [1.54, 1.807) is 11.3 Å². The number of hydrogen-bond donors (Lipinski definition) is 1. The number of piperazine rings is 1. The topological polar surface area (TPSA) is 28.2 Å². The second-order valence-electron chi connectivity index (χ2n) is 4.35. The summed E-state index contributed by atoms with van der Waals surface area (Å²) in [6.07, 6.45) is 0. The molecule has 0 radical (unpaired) electrons. The van der Waals surface area contributed by atoms with Gasteiger partial charge in [-0.1, -0.05) is 13.8 Å². The van der Waals surface area contributed by atoms with Crippen LogP contribution < -0.4 is 5.32 Å². The van der Waals surface area contributed by atoms with Crippen LogP contribution in [-0.4, -0.2) is 36.1 Å². The summed E-state index contributed by atoms with van der Waals surface area (Å²) in [5.74, 6) is 0.554. The smallest absolute Gasteiger partial charge is 0.107 e. The molecular formula is C11H19N3S. The van der Waals surface area contributed by atoms with E-state index in [0.717, 1.165) is 32.7 Å². The summed E-state index contributed by atoms with van der Waals surface area (Å²) >= 11 is 1.80. The summed E-state index contributed by atoms with van der Waals surface area (Å²) in [5.41, 5.74) is 1.24. The van der Waals surface area contributed by atoms with Crippen LogP contribution in [0.5, 0.6) is 0 Å². The van der Waals surface area contributed by atoms with Crippen LogP contribution >= 0.6 is 11.3 Å². The zero-order chi connectivity index (χ0) is 10.7. The molecule has 84 valence electrons. The molecule has 0 aliphatic carbocycles. The lowest BCUT2D eigenvalue weighted by Gasteiger charge is -2.26. The maximum absolute atomic E-state index is 4.66. The second kappa shape index (κ2) is 5.05. The molecule has 2 rings (SSSR count). The largest absolute Gasteiger partial charge is 0.314 e. The lowest BCUT2D eigenvalue weighted by Crippen LogP contribution is -2.42. The standard InChI is InChI=1S/C11H19N3S/c1-9(2)10-8-15-11(13-10)7-14-5-3-12-4-6-14/h8-9,12H,3-7H2,1-2H3. The fourth-order valence-electron chi connectivity index (χ4n) is 1.72. The average molecular weight is 225 g/mol. The van der Waals surface area contributed by atoms with Gasteiger partial charge in [0, 0.05) is 31.6 Å². The molecule has 1 aliphatic heterocycles. The summed E-state index contributed by atoms with van der Waals surface area (Å²) in [5, 5.41) is 6.83. The van der Waals surface area contributed by atoms with Gasteiger partial charge in [0.05, 0.1) is 12.2 Å². The van der Waals surface area contributed by atoms with Crippen molar-refractivity contribution in [2.75, 3.05) is 26.2 Å². The van der Waals surface area contributed by atoms with Gasteiger partial charge in [0.1, 0.15) is 5.01 Å². The normalized spacial score (nSPS) is 18.6. The fourth-order valence-corrected chi connectivity index (χ4v) is 2.72. The zero-order valence-corrected chi connectivity index (χ0v) is 10.3. The quantitative estimate of drug-likeness (QED) is 0.848. The van der Waals surface area contributed by atoms with Crippen molar-refractivity contribution in [3.63, 3.8) is 0 Å². The number of nitrogens with one attached hydrogen (secondary N) is 1. The van der Waals surface area contributed by atoms with Gasteiger partial charge in [0.2, 0.25) is 0 Å². The van der Waals surface area contributed by atoms with E-state index in [1.165, 1.54) is 10.7 Å². The summed E-state index contributed by atoms with van der Waals surface area (Å²) in [6.45, 7) is 9.95. The molecular weight excluding hydrogens is 206 g/mol. The molecule has 15 heavy (non-hydrogen) atoms. The predicted octanol–water partition coefficient (Wildman–Crippen LogP) is 1.67. The first-order valence-electron chi connectivity index (χ1n) is 5.63. The van der Waals surface area contributed by atoms with Crippen LogP contribution in [0.4, 0.5) is 0 Å². The lowest BCUT2D eigenvalue weighted by atomic mass is 10.2. The van der Waals surface area contributed by atoms with Gasteiger partial charge in [-0.2, -0.15) is 0 Å². The second-order valence-corrected chi connectivity index (χ2v) is 5.29.